The molecular weight excluding hydrogens is 268 g/mol. The van der Waals surface area contributed by atoms with Crippen LogP contribution in [0.25, 0.3) is 11.0 Å². The number of methoxy groups -OCH3 is 2. The summed E-state index contributed by atoms with van der Waals surface area (Å²) in [6.07, 6.45) is -0.148. The van der Waals surface area contributed by atoms with Gasteiger partial charge in [0.2, 0.25) is 5.52 Å². The Morgan fingerprint density at radius 3 is 2.80 bits per heavy atom. The molecule has 20 heavy (non-hydrogen) atoms. The fourth-order valence-electron chi connectivity index (χ4n) is 1.76. The van der Waals surface area contributed by atoms with Gasteiger partial charge in [0.1, 0.15) is 0 Å². The zero-order chi connectivity index (χ0) is 14.5. The second kappa shape index (κ2) is 6.26. The van der Waals surface area contributed by atoms with Gasteiger partial charge in [-0.05, 0) is 16.4 Å². The Bertz CT molecular complexity index is 600. The van der Waals surface area contributed by atoms with E-state index in [0.29, 0.717) is 24.4 Å². The predicted octanol–water partition coefficient (Wildman–Crippen LogP) is 1.20. The van der Waals surface area contributed by atoms with Gasteiger partial charge in [-0.3, -0.25) is 10.1 Å². The smallest absolute Gasteiger partial charge is 0.300 e. The van der Waals surface area contributed by atoms with E-state index in [-0.39, 0.29) is 17.3 Å². The predicted molar refractivity (Wildman–Crippen MR) is 69.6 cm³/mol. The number of hydrogen-bond acceptors (Lipinski definition) is 8. The summed E-state index contributed by atoms with van der Waals surface area (Å²) in [6.45, 7) is 0.890. The Morgan fingerprint density at radius 1 is 1.40 bits per heavy atom. The number of fused-ring (bicyclic) bond motifs is 1. The first-order valence-corrected chi connectivity index (χ1v) is 5.82. The maximum absolute atomic E-state index is 10.9. The highest BCUT2D eigenvalue weighted by atomic mass is 16.6. The standard InChI is InChI=1S/C11H14N4O5/c1-18-6-7(19-2)5-12-8-3-4-9(15(16)17)11-10(8)13-20-14-11/h3-4,7,12H,5-6H2,1-2H3. The molecule has 1 unspecified atom stereocenters. The first-order valence-electron chi connectivity index (χ1n) is 5.82. The molecule has 0 amide bonds. The number of hydrogen-bond donors (Lipinski definition) is 1. The number of nitro benzene ring substituents is 1. The summed E-state index contributed by atoms with van der Waals surface area (Å²) >= 11 is 0. The van der Waals surface area contributed by atoms with Crippen LogP contribution in [0.5, 0.6) is 0 Å². The van der Waals surface area contributed by atoms with Gasteiger partial charge < -0.3 is 14.8 Å². The van der Waals surface area contributed by atoms with Gasteiger partial charge in [0, 0.05) is 26.8 Å². The molecule has 0 saturated carbocycles. The molecular formula is C11H14N4O5. The second-order valence-corrected chi connectivity index (χ2v) is 4.04. The number of nitrogens with one attached hydrogen (secondary N) is 1. The SMILES string of the molecule is COCC(CNc1ccc([N+](=O)[O-])c2nonc12)OC. The molecule has 0 bridgehead atoms. The second-order valence-electron chi connectivity index (χ2n) is 4.04. The van der Waals surface area contributed by atoms with Crippen molar-refractivity contribution in [1.82, 2.24) is 10.3 Å². The van der Waals surface area contributed by atoms with Gasteiger partial charge in [-0.1, -0.05) is 0 Å². The molecule has 0 fully saturated rings. The van der Waals surface area contributed by atoms with Crippen LogP contribution in [0.2, 0.25) is 0 Å². The zero-order valence-corrected chi connectivity index (χ0v) is 11.0. The molecule has 0 aliphatic carbocycles. The van der Waals surface area contributed by atoms with E-state index in [9.17, 15) is 10.1 Å². The Hall–Kier alpha value is -2.26. The summed E-state index contributed by atoms with van der Waals surface area (Å²) in [4.78, 5) is 10.3. The lowest BCUT2D eigenvalue weighted by atomic mass is 10.2. The molecule has 1 atom stereocenters. The number of ether oxygens (including phenoxy) is 2. The topological polar surface area (TPSA) is 113 Å². The summed E-state index contributed by atoms with van der Waals surface area (Å²) < 4.78 is 14.8. The molecule has 0 aliphatic rings. The van der Waals surface area contributed by atoms with E-state index in [4.69, 9.17) is 9.47 Å². The molecule has 1 N–H and O–H groups in total. The average Bonchev–Trinajstić information content (AvgIpc) is 2.92. The van der Waals surface area contributed by atoms with Crippen molar-refractivity contribution in [3.63, 3.8) is 0 Å². The molecule has 0 saturated heterocycles. The first-order chi connectivity index (χ1) is 9.67. The van der Waals surface area contributed by atoms with Crippen LogP contribution >= 0.6 is 0 Å². The molecule has 0 spiro atoms. The van der Waals surface area contributed by atoms with Crippen LogP contribution < -0.4 is 5.32 Å². The van der Waals surface area contributed by atoms with Crippen LogP contribution in [0.3, 0.4) is 0 Å². The Kier molecular flexibility index (Phi) is 4.43. The molecule has 1 aromatic heterocycles. The van der Waals surface area contributed by atoms with Crippen molar-refractivity contribution in [2.45, 2.75) is 6.10 Å². The molecule has 9 heteroatoms. The number of nitro groups is 1. The Morgan fingerprint density at radius 2 is 2.15 bits per heavy atom. The van der Waals surface area contributed by atoms with E-state index in [2.05, 4.69) is 20.3 Å². The fourth-order valence-corrected chi connectivity index (χ4v) is 1.76. The first kappa shape index (κ1) is 14.2. The van der Waals surface area contributed by atoms with Crippen molar-refractivity contribution < 1.29 is 19.0 Å². The lowest BCUT2D eigenvalue weighted by Gasteiger charge is -2.15. The molecule has 2 rings (SSSR count). The Balaban J connectivity index is 2.21. The number of benzene rings is 1. The van der Waals surface area contributed by atoms with Crippen molar-refractivity contribution in [2.75, 3.05) is 32.7 Å². The summed E-state index contributed by atoms with van der Waals surface area (Å²) in [5.41, 5.74) is 0.865. The van der Waals surface area contributed by atoms with Gasteiger partial charge in [0.25, 0.3) is 0 Å². The van der Waals surface area contributed by atoms with Crippen molar-refractivity contribution in [3.05, 3.63) is 22.2 Å². The van der Waals surface area contributed by atoms with Crippen LogP contribution in [0.15, 0.2) is 16.8 Å². The quantitative estimate of drug-likeness (QED) is 0.595. The van der Waals surface area contributed by atoms with E-state index in [1.807, 2.05) is 0 Å². The van der Waals surface area contributed by atoms with Crippen LogP contribution in [0.1, 0.15) is 0 Å². The number of non-ortho nitro benzene ring substituents is 1. The van der Waals surface area contributed by atoms with E-state index >= 15 is 0 Å². The fraction of sp³-hybridized carbons (Fsp3) is 0.455. The van der Waals surface area contributed by atoms with Gasteiger partial charge in [-0.2, -0.15) is 0 Å². The number of nitrogens with zero attached hydrogens (tertiary/aromatic N) is 3. The van der Waals surface area contributed by atoms with Gasteiger partial charge in [0.05, 0.1) is 23.3 Å². The number of anilines is 1. The monoisotopic (exact) mass is 282 g/mol. The van der Waals surface area contributed by atoms with Crippen molar-refractivity contribution in [2.24, 2.45) is 0 Å². The lowest BCUT2D eigenvalue weighted by molar-refractivity contribution is -0.383. The minimum absolute atomic E-state index is 0.112. The summed E-state index contributed by atoms with van der Waals surface area (Å²) in [5, 5.41) is 21.2. The van der Waals surface area contributed by atoms with E-state index in [0.717, 1.165) is 0 Å². The maximum atomic E-state index is 10.9. The third-order valence-corrected chi connectivity index (χ3v) is 2.80. The largest absolute Gasteiger partial charge is 0.382 e. The number of rotatable bonds is 7. The van der Waals surface area contributed by atoms with Crippen LogP contribution in [-0.2, 0) is 9.47 Å². The van der Waals surface area contributed by atoms with Gasteiger partial charge in [0.15, 0.2) is 5.52 Å². The molecule has 1 heterocycles. The third kappa shape index (κ3) is 2.83. The number of aromatic nitrogens is 2. The summed E-state index contributed by atoms with van der Waals surface area (Å²) in [5.74, 6) is 0. The summed E-state index contributed by atoms with van der Waals surface area (Å²) in [6, 6.07) is 2.91. The highest BCUT2D eigenvalue weighted by molar-refractivity contribution is 5.93. The molecule has 0 radical (unpaired) electrons. The minimum Gasteiger partial charge on any atom is -0.382 e. The lowest BCUT2D eigenvalue weighted by Crippen LogP contribution is -2.26. The van der Waals surface area contributed by atoms with Crippen LogP contribution in [-0.4, -0.2) is 48.7 Å². The molecule has 0 aliphatic heterocycles. The Labute approximate surface area is 114 Å². The van der Waals surface area contributed by atoms with Crippen molar-refractivity contribution in [3.8, 4) is 0 Å². The van der Waals surface area contributed by atoms with Gasteiger partial charge in [-0.25, -0.2) is 4.63 Å². The zero-order valence-electron chi connectivity index (χ0n) is 11.0. The van der Waals surface area contributed by atoms with Gasteiger partial charge in [-0.15, -0.1) is 0 Å². The molecule has 2 aromatic rings. The van der Waals surface area contributed by atoms with E-state index in [1.165, 1.54) is 6.07 Å². The highest BCUT2D eigenvalue weighted by Gasteiger charge is 2.19. The van der Waals surface area contributed by atoms with Crippen LogP contribution in [0, 0.1) is 10.1 Å². The van der Waals surface area contributed by atoms with E-state index < -0.39 is 4.92 Å². The van der Waals surface area contributed by atoms with Crippen molar-refractivity contribution >= 4 is 22.4 Å². The van der Waals surface area contributed by atoms with Crippen molar-refractivity contribution in [1.29, 1.82) is 0 Å². The normalized spacial score (nSPS) is 12.5. The average molecular weight is 282 g/mol. The van der Waals surface area contributed by atoms with Crippen LogP contribution in [0.4, 0.5) is 11.4 Å². The highest BCUT2D eigenvalue weighted by Crippen LogP contribution is 2.28. The summed E-state index contributed by atoms with van der Waals surface area (Å²) in [7, 11) is 3.16. The molecule has 1 aromatic carbocycles. The third-order valence-electron chi connectivity index (χ3n) is 2.80. The maximum Gasteiger partial charge on any atom is 0.300 e. The molecule has 9 nitrogen and oxygen atoms in total. The minimum atomic E-state index is -0.529. The van der Waals surface area contributed by atoms with E-state index in [1.54, 1.807) is 20.3 Å². The van der Waals surface area contributed by atoms with Gasteiger partial charge >= 0.3 is 5.69 Å². The molecule has 108 valence electrons.